The van der Waals surface area contributed by atoms with Crippen molar-refractivity contribution in [1.29, 1.82) is 0 Å². The second-order valence-electron chi connectivity index (χ2n) is 21.6. The minimum absolute atomic E-state index is 0.0556. The lowest BCUT2D eigenvalue weighted by atomic mass is 9.77. The van der Waals surface area contributed by atoms with Gasteiger partial charge in [-0.2, -0.15) is 0 Å². The first-order valence-corrected chi connectivity index (χ1v) is 25.2. The van der Waals surface area contributed by atoms with Gasteiger partial charge in [0.25, 0.3) is 0 Å². The molecular weight excluding hydrogens is 843 g/mol. The monoisotopic (exact) mass is 899 g/mol. The number of anilines is 2. The number of hydrogen-bond acceptors (Lipinski definition) is 1. The molecule has 0 aliphatic heterocycles. The van der Waals surface area contributed by atoms with E-state index in [2.05, 4.69) is 265 Å². The van der Waals surface area contributed by atoms with Gasteiger partial charge < -0.3 is 4.90 Å². The zero-order valence-electron chi connectivity index (χ0n) is 41.0. The summed E-state index contributed by atoms with van der Waals surface area (Å²) < 4.78 is 0. The van der Waals surface area contributed by atoms with Crippen molar-refractivity contribution in [1.82, 2.24) is 0 Å². The third-order valence-corrected chi connectivity index (χ3v) is 16.7. The third-order valence-electron chi connectivity index (χ3n) is 16.7. The molecule has 0 bridgehead atoms. The van der Waals surface area contributed by atoms with Crippen LogP contribution in [-0.4, -0.2) is 6.04 Å². The summed E-state index contributed by atoms with van der Waals surface area (Å²) >= 11 is 0. The molecule has 0 spiro atoms. The van der Waals surface area contributed by atoms with Crippen molar-refractivity contribution in [2.45, 2.75) is 70.3 Å². The van der Waals surface area contributed by atoms with Gasteiger partial charge in [0.05, 0.1) is 6.04 Å². The van der Waals surface area contributed by atoms with Crippen LogP contribution in [0.25, 0.3) is 72.3 Å². The molecule has 0 N–H and O–H groups in total. The molecule has 9 aromatic carbocycles. The van der Waals surface area contributed by atoms with E-state index in [-0.39, 0.29) is 22.3 Å². The van der Waals surface area contributed by atoms with Gasteiger partial charge in [0.1, 0.15) is 0 Å². The summed E-state index contributed by atoms with van der Waals surface area (Å²) in [5.41, 5.74) is 28.5. The van der Waals surface area contributed by atoms with Gasteiger partial charge in [-0.3, -0.25) is 0 Å². The summed E-state index contributed by atoms with van der Waals surface area (Å²) in [7, 11) is 0. The Hall–Kier alpha value is -7.74. The van der Waals surface area contributed by atoms with Gasteiger partial charge in [-0.15, -0.1) is 0 Å². The van der Waals surface area contributed by atoms with Gasteiger partial charge in [0.2, 0.25) is 0 Å². The molecule has 9 aromatic rings. The highest BCUT2D eigenvalue weighted by Gasteiger charge is 2.41. The van der Waals surface area contributed by atoms with Crippen molar-refractivity contribution in [2.75, 3.05) is 4.90 Å². The number of rotatable bonds is 7. The maximum Gasteiger partial charge on any atom is 0.0563 e. The Balaban J connectivity index is 1.02. The molecule has 1 nitrogen and oxygen atoms in total. The lowest BCUT2D eigenvalue weighted by molar-refractivity contribution is 0.585. The fourth-order valence-corrected chi connectivity index (χ4v) is 13.0. The second kappa shape index (κ2) is 15.6. The van der Waals surface area contributed by atoms with Crippen LogP contribution < -0.4 is 4.90 Å². The summed E-state index contributed by atoms with van der Waals surface area (Å²) in [6.07, 6.45) is 5.83. The SMILES string of the molecule is CC1(C)C2=C(C=CC(N(c3ccc(-c4ccccc4)c(-c4ccc5c(c4)C(C)(C)c4ccccc4-5)c3)c3ccc(-c4ccccc4)c(-c4ccc5c(c4)C(C)(C)c4ccccc4-5)c3)C2)c2ccccc21. The van der Waals surface area contributed by atoms with Crippen LogP contribution >= 0.6 is 0 Å². The smallest absolute Gasteiger partial charge is 0.0563 e. The van der Waals surface area contributed by atoms with E-state index in [1.165, 1.54) is 123 Å². The van der Waals surface area contributed by atoms with E-state index in [9.17, 15) is 0 Å². The van der Waals surface area contributed by atoms with E-state index in [4.69, 9.17) is 0 Å². The van der Waals surface area contributed by atoms with Crippen molar-refractivity contribution in [3.05, 3.63) is 257 Å². The normalized spacial score (nSPS) is 17.0. The van der Waals surface area contributed by atoms with Crippen LogP contribution in [0.5, 0.6) is 0 Å². The van der Waals surface area contributed by atoms with Crippen LogP contribution in [0.4, 0.5) is 11.4 Å². The van der Waals surface area contributed by atoms with Crippen molar-refractivity contribution < 1.29 is 0 Å². The van der Waals surface area contributed by atoms with Gasteiger partial charge in [-0.05, 0) is 154 Å². The molecule has 0 heterocycles. The molecule has 1 unspecified atom stereocenters. The quantitative estimate of drug-likeness (QED) is 0.154. The largest absolute Gasteiger partial charge is 0.334 e. The van der Waals surface area contributed by atoms with Gasteiger partial charge in [-0.25, -0.2) is 0 Å². The minimum Gasteiger partial charge on any atom is -0.334 e. The van der Waals surface area contributed by atoms with Crippen molar-refractivity contribution in [3.8, 4) is 66.8 Å². The standard InChI is InChI=1S/C69H57N/c1-67(2)61-26-16-13-23-53(61)56-34-29-46(39-64(56)67)59-41-48(31-36-51(59)44-19-9-7-10-20-44)70(50-33-38-58-55-25-15-18-28-63(55)69(5,6)66(58)43-50)49-32-37-52(45-21-11-8-12-22-45)60(42-49)47-30-35-57-54-24-14-17-27-62(54)68(3,4)65(57)40-47/h7-42,50H,43H2,1-6H3. The molecule has 0 radical (unpaired) electrons. The van der Waals surface area contributed by atoms with E-state index < -0.39 is 0 Å². The third kappa shape index (κ3) is 6.37. The molecule has 0 fully saturated rings. The molecule has 0 saturated carbocycles. The average molecular weight is 900 g/mol. The van der Waals surface area contributed by atoms with Crippen LogP contribution in [0.2, 0.25) is 0 Å². The molecule has 4 aliphatic carbocycles. The summed E-state index contributed by atoms with van der Waals surface area (Å²) in [6, 6.07) is 77.9. The molecule has 4 aliphatic rings. The highest BCUT2D eigenvalue weighted by atomic mass is 15.2. The lowest BCUT2D eigenvalue weighted by Gasteiger charge is -2.37. The minimum atomic E-state index is -0.116. The van der Waals surface area contributed by atoms with Gasteiger partial charge in [0.15, 0.2) is 0 Å². The summed E-state index contributed by atoms with van der Waals surface area (Å²) in [4.78, 5) is 2.65. The van der Waals surface area contributed by atoms with Gasteiger partial charge in [0, 0.05) is 27.6 Å². The number of allylic oxidation sites excluding steroid dienone is 2. The highest BCUT2D eigenvalue weighted by molar-refractivity contribution is 5.94. The van der Waals surface area contributed by atoms with E-state index in [0.717, 1.165) is 6.42 Å². The first-order chi connectivity index (χ1) is 34.0. The fourth-order valence-electron chi connectivity index (χ4n) is 13.0. The van der Waals surface area contributed by atoms with E-state index in [0.29, 0.717) is 0 Å². The Morgan fingerprint density at radius 2 is 0.729 bits per heavy atom. The zero-order valence-corrected chi connectivity index (χ0v) is 41.0. The molecular formula is C69H57N. The van der Waals surface area contributed by atoms with Crippen LogP contribution in [0.15, 0.2) is 224 Å². The number of fused-ring (bicyclic) bond motifs is 8. The van der Waals surface area contributed by atoms with Gasteiger partial charge in [-0.1, -0.05) is 224 Å². The molecule has 338 valence electrons. The Bertz CT molecular complexity index is 3460. The highest BCUT2D eigenvalue weighted by Crippen LogP contribution is 2.55. The maximum atomic E-state index is 2.65. The first kappa shape index (κ1) is 42.4. The van der Waals surface area contributed by atoms with Crippen LogP contribution in [-0.2, 0) is 16.2 Å². The maximum absolute atomic E-state index is 2.65. The molecule has 0 aromatic heterocycles. The predicted molar refractivity (Wildman–Crippen MR) is 296 cm³/mol. The van der Waals surface area contributed by atoms with Crippen LogP contribution in [0.1, 0.15) is 81.3 Å². The van der Waals surface area contributed by atoms with Crippen LogP contribution in [0, 0.1) is 0 Å². The zero-order chi connectivity index (χ0) is 47.5. The van der Waals surface area contributed by atoms with Crippen molar-refractivity contribution >= 4 is 16.9 Å². The summed E-state index contributed by atoms with van der Waals surface area (Å²) in [5.74, 6) is 0. The van der Waals surface area contributed by atoms with Crippen LogP contribution in [0.3, 0.4) is 0 Å². The average Bonchev–Trinajstić information content (AvgIpc) is 3.88. The van der Waals surface area contributed by atoms with E-state index in [1.807, 2.05) is 0 Å². The second-order valence-corrected chi connectivity index (χ2v) is 21.6. The molecule has 0 saturated heterocycles. The predicted octanol–water partition coefficient (Wildman–Crippen LogP) is 18.2. The number of nitrogens with zero attached hydrogens (tertiary/aromatic N) is 1. The lowest BCUT2D eigenvalue weighted by Crippen LogP contribution is -2.33. The Morgan fingerprint density at radius 3 is 1.21 bits per heavy atom. The topological polar surface area (TPSA) is 3.24 Å². The van der Waals surface area contributed by atoms with E-state index in [1.54, 1.807) is 0 Å². The number of hydrogen-bond donors (Lipinski definition) is 0. The summed E-state index contributed by atoms with van der Waals surface area (Å²) in [6.45, 7) is 14.4. The number of benzene rings is 9. The molecule has 70 heavy (non-hydrogen) atoms. The molecule has 0 amide bonds. The van der Waals surface area contributed by atoms with Crippen molar-refractivity contribution in [2.24, 2.45) is 0 Å². The van der Waals surface area contributed by atoms with E-state index >= 15 is 0 Å². The summed E-state index contributed by atoms with van der Waals surface area (Å²) in [5, 5.41) is 0. The van der Waals surface area contributed by atoms with Crippen molar-refractivity contribution in [3.63, 3.8) is 0 Å². The Morgan fingerprint density at radius 1 is 0.329 bits per heavy atom. The first-order valence-electron chi connectivity index (χ1n) is 25.2. The Kier molecular flexibility index (Phi) is 9.47. The fraction of sp³-hybridized carbons (Fsp3) is 0.159. The van der Waals surface area contributed by atoms with Gasteiger partial charge >= 0.3 is 0 Å². The Labute approximate surface area is 414 Å². The molecule has 1 atom stereocenters. The molecule has 13 rings (SSSR count). The molecule has 1 heteroatoms.